The van der Waals surface area contributed by atoms with Crippen LogP contribution in [-0.2, 0) is 6.18 Å². The van der Waals surface area contributed by atoms with Crippen molar-refractivity contribution in [1.29, 1.82) is 0 Å². The van der Waals surface area contributed by atoms with E-state index in [4.69, 9.17) is 0 Å². The van der Waals surface area contributed by atoms with Crippen LogP contribution < -0.4 is 9.80 Å². The first-order chi connectivity index (χ1) is 12.0. The van der Waals surface area contributed by atoms with Crippen molar-refractivity contribution >= 4 is 22.7 Å². The third kappa shape index (κ3) is 2.97. The number of hydrogen-bond acceptors (Lipinski definition) is 5. The zero-order valence-electron chi connectivity index (χ0n) is 13.2. The van der Waals surface area contributed by atoms with Gasteiger partial charge in [0.25, 0.3) is 0 Å². The number of imidazole rings is 1. The van der Waals surface area contributed by atoms with Gasteiger partial charge >= 0.3 is 6.18 Å². The van der Waals surface area contributed by atoms with Gasteiger partial charge in [-0.3, -0.25) is 0 Å². The molecule has 6 nitrogen and oxygen atoms in total. The molecule has 4 heterocycles. The number of alkyl halides is 3. The number of pyridine rings is 2. The van der Waals surface area contributed by atoms with E-state index in [0.717, 1.165) is 36.6 Å². The van der Waals surface area contributed by atoms with E-state index in [9.17, 15) is 13.2 Å². The molecule has 130 valence electrons. The minimum absolute atomic E-state index is 0.564. The minimum atomic E-state index is -4.36. The van der Waals surface area contributed by atoms with E-state index in [-0.39, 0.29) is 0 Å². The Balaban J connectivity index is 1.47. The quantitative estimate of drug-likeness (QED) is 0.772. The Hall–Kier alpha value is -2.84. The Morgan fingerprint density at radius 1 is 0.920 bits per heavy atom. The molecule has 1 aliphatic heterocycles. The lowest BCUT2D eigenvalue weighted by Crippen LogP contribution is -2.47. The molecule has 0 amide bonds. The van der Waals surface area contributed by atoms with Crippen molar-refractivity contribution in [2.45, 2.75) is 6.18 Å². The van der Waals surface area contributed by atoms with Crippen LogP contribution in [0.5, 0.6) is 0 Å². The van der Waals surface area contributed by atoms with Gasteiger partial charge in [0.15, 0.2) is 5.65 Å². The highest BCUT2D eigenvalue weighted by Gasteiger charge is 2.31. The summed E-state index contributed by atoms with van der Waals surface area (Å²) in [5.41, 5.74) is 1.86. The molecule has 9 heteroatoms. The summed E-state index contributed by atoms with van der Waals surface area (Å²) >= 11 is 0. The molecule has 0 radical (unpaired) electrons. The maximum atomic E-state index is 12.6. The Morgan fingerprint density at radius 3 is 2.36 bits per heavy atom. The molecule has 0 unspecified atom stereocenters. The topological polar surface area (TPSA) is 60.9 Å². The number of piperazine rings is 1. The number of H-pyrrole nitrogens is 1. The average Bonchev–Trinajstić information content (AvgIpc) is 3.10. The van der Waals surface area contributed by atoms with Gasteiger partial charge in [0.2, 0.25) is 0 Å². The molecule has 3 aromatic rings. The Morgan fingerprint density at radius 2 is 1.68 bits per heavy atom. The van der Waals surface area contributed by atoms with Gasteiger partial charge in [-0.15, -0.1) is 0 Å². The molecule has 1 fully saturated rings. The van der Waals surface area contributed by atoms with E-state index >= 15 is 0 Å². The number of fused-ring (bicyclic) bond motifs is 1. The van der Waals surface area contributed by atoms with Crippen molar-refractivity contribution in [2.24, 2.45) is 0 Å². The number of halogens is 3. The standard InChI is InChI=1S/C16H15F3N6/c17-16(18,19)11-1-2-13(21-9-11)25-7-5-24(6-8-25)12-3-4-20-15-14(12)22-10-23-15/h1-4,9-10H,5-8H2,(H,20,22,23). The van der Waals surface area contributed by atoms with Crippen LogP contribution in [0.3, 0.4) is 0 Å². The molecule has 0 saturated carbocycles. The van der Waals surface area contributed by atoms with Crippen LogP contribution in [0.4, 0.5) is 24.7 Å². The molecule has 4 rings (SSSR count). The molecule has 1 aliphatic rings. The lowest BCUT2D eigenvalue weighted by atomic mass is 10.2. The smallest absolute Gasteiger partial charge is 0.366 e. The summed E-state index contributed by atoms with van der Waals surface area (Å²) in [6, 6.07) is 4.44. The van der Waals surface area contributed by atoms with Gasteiger partial charge in [-0.05, 0) is 18.2 Å². The molecule has 3 aromatic heterocycles. The molecule has 0 aromatic carbocycles. The number of anilines is 2. The van der Waals surface area contributed by atoms with Gasteiger partial charge in [-0.1, -0.05) is 0 Å². The van der Waals surface area contributed by atoms with Gasteiger partial charge in [-0.2, -0.15) is 13.2 Å². The van der Waals surface area contributed by atoms with E-state index in [1.54, 1.807) is 12.5 Å². The molecule has 0 spiro atoms. The predicted molar refractivity (Wildman–Crippen MR) is 87.6 cm³/mol. The fourth-order valence-corrected chi connectivity index (χ4v) is 3.02. The predicted octanol–water partition coefficient (Wildman–Crippen LogP) is 2.70. The number of rotatable bonds is 2. The van der Waals surface area contributed by atoms with Gasteiger partial charge < -0.3 is 14.8 Å². The van der Waals surface area contributed by atoms with E-state index in [1.165, 1.54) is 6.07 Å². The SMILES string of the molecule is FC(F)(F)c1ccc(N2CCN(c3ccnc4nc[nH]c34)CC2)nc1. The molecule has 0 aliphatic carbocycles. The molecule has 0 atom stereocenters. The Kier molecular flexibility index (Phi) is 3.70. The number of hydrogen-bond donors (Lipinski definition) is 1. The van der Waals surface area contributed by atoms with Crippen LogP contribution in [0.2, 0.25) is 0 Å². The maximum Gasteiger partial charge on any atom is 0.417 e. The monoisotopic (exact) mass is 348 g/mol. The maximum absolute atomic E-state index is 12.6. The highest BCUT2D eigenvalue weighted by molar-refractivity contribution is 5.85. The summed E-state index contributed by atoms with van der Waals surface area (Å²) in [5.74, 6) is 0.564. The molecule has 1 N–H and O–H groups in total. The Labute approximate surface area is 141 Å². The second-order valence-electron chi connectivity index (χ2n) is 5.81. The summed E-state index contributed by atoms with van der Waals surface area (Å²) in [6.07, 6.45) is -0.133. The highest BCUT2D eigenvalue weighted by atomic mass is 19.4. The lowest BCUT2D eigenvalue weighted by molar-refractivity contribution is -0.137. The van der Waals surface area contributed by atoms with Crippen LogP contribution in [-0.4, -0.2) is 46.1 Å². The third-order valence-electron chi connectivity index (χ3n) is 4.32. The molecule has 25 heavy (non-hydrogen) atoms. The van der Waals surface area contributed by atoms with Crippen LogP contribution in [0.15, 0.2) is 36.9 Å². The van der Waals surface area contributed by atoms with E-state index in [1.807, 2.05) is 11.0 Å². The van der Waals surface area contributed by atoms with Crippen molar-refractivity contribution in [3.8, 4) is 0 Å². The second-order valence-corrected chi connectivity index (χ2v) is 5.81. The summed E-state index contributed by atoms with van der Waals surface area (Å²) in [7, 11) is 0. The zero-order valence-corrected chi connectivity index (χ0v) is 13.2. The lowest BCUT2D eigenvalue weighted by Gasteiger charge is -2.36. The Bertz CT molecular complexity index is 865. The van der Waals surface area contributed by atoms with Gasteiger partial charge in [0, 0.05) is 38.6 Å². The third-order valence-corrected chi connectivity index (χ3v) is 4.32. The van der Waals surface area contributed by atoms with Crippen molar-refractivity contribution < 1.29 is 13.2 Å². The van der Waals surface area contributed by atoms with Crippen LogP contribution in [0.25, 0.3) is 11.2 Å². The van der Waals surface area contributed by atoms with Gasteiger partial charge in [0.05, 0.1) is 17.6 Å². The van der Waals surface area contributed by atoms with E-state index in [0.29, 0.717) is 24.6 Å². The average molecular weight is 348 g/mol. The first-order valence-electron chi connectivity index (χ1n) is 7.83. The highest BCUT2D eigenvalue weighted by Crippen LogP contribution is 2.30. The molecule has 1 saturated heterocycles. The van der Waals surface area contributed by atoms with Crippen molar-refractivity contribution in [3.63, 3.8) is 0 Å². The van der Waals surface area contributed by atoms with Crippen LogP contribution in [0, 0.1) is 0 Å². The number of aromatic nitrogens is 4. The summed E-state index contributed by atoms with van der Waals surface area (Å²) in [6.45, 7) is 2.83. The van der Waals surface area contributed by atoms with Crippen LogP contribution >= 0.6 is 0 Å². The normalized spacial score (nSPS) is 15.8. The largest absolute Gasteiger partial charge is 0.417 e. The number of nitrogens with one attached hydrogen (secondary N) is 1. The minimum Gasteiger partial charge on any atom is -0.366 e. The van der Waals surface area contributed by atoms with E-state index in [2.05, 4.69) is 24.8 Å². The number of nitrogens with zero attached hydrogens (tertiary/aromatic N) is 5. The van der Waals surface area contributed by atoms with Gasteiger partial charge in [0.1, 0.15) is 11.3 Å². The zero-order chi connectivity index (χ0) is 17.4. The first-order valence-corrected chi connectivity index (χ1v) is 7.83. The number of aromatic amines is 1. The van der Waals surface area contributed by atoms with Crippen LogP contribution in [0.1, 0.15) is 5.56 Å². The van der Waals surface area contributed by atoms with Crippen molar-refractivity contribution in [1.82, 2.24) is 19.9 Å². The summed E-state index contributed by atoms with van der Waals surface area (Å²) < 4.78 is 37.9. The first kappa shape index (κ1) is 15.7. The fraction of sp³-hybridized carbons (Fsp3) is 0.312. The van der Waals surface area contributed by atoms with Crippen molar-refractivity contribution in [3.05, 3.63) is 42.5 Å². The molecular weight excluding hydrogens is 333 g/mol. The summed E-state index contributed by atoms with van der Waals surface area (Å²) in [5, 5.41) is 0. The fourth-order valence-electron chi connectivity index (χ4n) is 3.02. The van der Waals surface area contributed by atoms with E-state index < -0.39 is 11.7 Å². The van der Waals surface area contributed by atoms with Crippen molar-refractivity contribution in [2.75, 3.05) is 36.0 Å². The second kappa shape index (κ2) is 5.91. The summed E-state index contributed by atoms with van der Waals surface area (Å²) in [4.78, 5) is 19.6. The van der Waals surface area contributed by atoms with Gasteiger partial charge in [-0.25, -0.2) is 15.0 Å². The molecular formula is C16H15F3N6. The molecule has 0 bridgehead atoms.